The van der Waals surface area contributed by atoms with Crippen LogP contribution in [0.15, 0.2) is 52.0 Å². The van der Waals surface area contributed by atoms with E-state index < -0.39 is 5.79 Å². The number of hydrazone groups is 1. The number of benzene rings is 2. The van der Waals surface area contributed by atoms with Crippen LogP contribution in [0.5, 0.6) is 11.5 Å². The third-order valence-corrected chi connectivity index (χ3v) is 4.85. The van der Waals surface area contributed by atoms with Crippen molar-refractivity contribution in [3.8, 4) is 11.5 Å². The molecule has 0 aromatic heterocycles. The van der Waals surface area contributed by atoms with Gasteiger partial charge in [-0.2, -0.15) is 5.10 Å². The Morgan fingerprint density at radius 2 is 2.00 bits per heavy atom. The van der Waals surface area contributed by atoms with E-state index in [9.17, 15) is 4.79 Å². The Balaban J connectivity index is 1.61. The lowest BCUT2D eigenvalue weighted by Gasteiger charge is -2.20. The quantitative estimate of drug-likeness (QED) is 0.478. The van der Waals surface area contributed by atoms with Crippen LogP contribution in [-0.2, 0) is 20.9 Å². The van der Waals surface area contributed by atoms with Crippen LogP contribution in [0.2, 0.25) is 0 Å². The highest BCUT2D eigenvalue weighted by atomic mass is 79.9. The third-order valence-electron chi connectivity index (χ3n) is 4.26. The Morgan fingerprint density at radius 3 is 2.69 bits per heavy atom. The van der Waals surface area contributed by atoms with Gasteiger partial charge in [0, 0.05) is 0 Å². The minimum Gasteiger partial charge on any atom is -0.493 e. The van der Waals surface area contributed by atoms with Crippen molar-refractivity contribution in [3.05, 3.63) is 58.1 Å². The van der Waals surface area contributed by atoms with E-state index in [-0.39, 0.29) is 12.3 Å². The Bertz CT molecular complexity index is 867. The zero-order valence-corrected chi connectivity index (χ0v) is 17.9. The topological polar surface area (TPSA) is 78.4 Å². The van der Waals surface area contributed by atoms with Gasteiger partial charge in [-0.05, 0) is 46.1 Å². The van der Waals surface area contributed by atoms with E-state index in [1.807, 2.05) is 36.4 Å². The van der Waals surface area contributed by atoms with Crippen LogP contribution in [0.4, 0.5) is 0 Å². The third kappa shape index (κ3) is 6.03. The van der Waals surface area contributed by atoms with E-state index in [4.69, 9.17) is 18.9 Å². The van der Waals surface area contributed by atoms with Gasteiger partial charge in [0.2, 0.25) is 5.91 Å². The molecular weight excluding hydrogens is 440 g/mol. The molecule has 2 aromatic carbocycles. The number of ether oxygens (including phenoxy) is 4. The van der Waals surface area contributed by atoms with Crippen LogP contribution >= 0.6 is 15.9 Å². The van der Waals surface area contributed by atoms with E-state index in [0.29, 0.717) is 31.3 Å². The number of hydrogen-bond donors (Lipinski definition) is 1. The zero-order chi connectivity index (χ0) is 20.7. The van der Waals surface area contributed by atoms with Crippen molar-refractivity contribution >= 4 is 28.1 Å². The summed E-state index contributed by atoms with van der Waals surface area (Å²) in [5.41, 5.74) is 4.28. The van der Waals surface area contributed by atoms with Crippen LogP contribution in [0, 0.1) is 0 Å². The van der Waals surface area contributed by atoms with Gasteiger partial charge < -0.3 is 18.9 Å². The molecule has 1 aliphatic rings. The molecule has 0 unspecified atom stereocenters. The summed E-state index contributed by atoms with van der Waals surface area (Å²) in [5, 5.41) is 4.00. The highest BCUT2D eigenvalue weighted by Gasteiger charge is 2.33. The van der Waals surface area contributed by atoms with E-state index in [0.717, 1.165) is 15.6 Å². The molecule has 0 spiro atoms. The lowest BCUT2D eigenvalue weighted by Crippen LogP contribution is -2.33. The van der Waals surface area contributed by atoms with Crippen molar-refractivity contribution in [2.75, 3.05) is 20.3 Å². The van der Waals surface area contributed by atoms with Crippen molar-refractivity contribution in [2.45, 2.75) is 25.7 Å². The molecule has 154 valence electrons. The van der Waals surface area contributed by atoms with Gasteiger partial charge in [0.1, 0.15) is 6.61 Å². The summed E-state index contributed by atoms with van der Waals surface area (Å²) in [7, 11) is 1.57. The monoisotopic (exact) mass is 462 g/mol. The van der Waals surface area contributed by atoms with E-state index in [2.05, 4.69) is 26.5 Å². The van der Waals surface area contributed by atoms with Crippen molar-refractivity contribution in [3.63, 3.8) is 0 Å². The van der Waals surface area contributed by atoms with Crippen LogP contribution < -0.4 is 14.9 Å². The summed E-state index contributed by atoms with van der Waals surface area (Å²) < 4.78 is 22.9. The smallest absolute Gasteiger partial charge is 0.245 e. The summed E-state index contributed by atoms with van der Waals surface area (Å²) >= 11 is 3.51. The van der Waals surface area contributed by atoms with Gasteiger partial charge in [0.25, 0.3) is 0 Å². The number of amides is 1. The molecule has 1 heterocycles. The van der Waals surface area contributed by atoms with Gasteiger partial charge in [-0.15, -0.1) is 0 Å². The molecular formula is C21H23BrN2O5. The maximum Gasteiger partial charge on any atom is 0.245 e. The van der Waals surface area contributed by atoms with Crippen LogP contribution in [0.1, 0.15) is 24.5 Å². The first kappa shape index (κ1) is 21.3. The molecule has 8 heteroatoms. The van der Waals surface area contributed by atoms with Crippen molar-refractivity contribution in [1.29, 1.82) is 0 Å². The highest BCUT2D eigenvalue weighted by molar-refractivity contribution is 9.10. The van der Waals surface area contributed by atoms with Crippen LogP contribution in [0.25, 0.3) is 0 Å². The highest BCUT2D eigenvalue weighted by Crippen LogP contribution is 2.36. The second kappa shape index (κ2) is 9.87. The minimum atomic E-state index is -0.885. The number of nitrogens with one attached hydrogen (secondary N) is 1. The van der Waals surface area contributed by atoms with Crippen LogP contribution in [0.3, 0.4) is 0 Å². The summed E-state index contributed by atoms with van der Waals surface area (Å²) in [6.07, 6.45) is 1.61. The molecule has 1 saturated heterocycles. The molecule has 7 nitrogen and oxygen atoms in total. The zero-order valence-electron chi connectivity index (χ0n) is 16.3. The molecule has 0 radical (unpaired) electrons. The Labute approximate surface area is 178 Å². The number of hydrogen-bond acceptors (Lipinski definition) is 6. The summed E-state index contributed by atoms with van der Waals surface area (Å²) in [4.78, 5) is 12.0. The Hall–Kier alpha value is -2.42. The average molecular weight is 463 g/mol. The molecule has 1 N–H and O–H groups in total. The first-order chi connectivity index (χ1) is 14.0. The molecule has 29 heavy (non-hydrogen) atoms. The van der Waals surface area contributed by atoms with Gasteiger partial charge in [-0.25, -0.2) is 5.43 Å². The molecule has 0 saturated carbocycles. The molecule has 0 aliphatic carbocycles. The fourth-order valence-electron chi connectivity index (χ4n) is 2.85. The molecule has 2 aromatic rings. The Morgan fingerprint density at radius 1 is 1.28 bits per heavy atom. The lowest BCUT2D eigenvalue weighted by atomic mass is 10.2. The number of carbonyl (C=O) groups excluding carboxylic acids is 1. The predicted octanol–water partition coefficient (Wildman–Crippen LogP) is 3.64. The van der Waals surface area contributed by atoms with Crippen molar-refractivity contribution < 1.29 is 23.7 Å². The minimum absolute atomic E-state index is 0.0730. The summed E-state index contributed by atoms with van der Waals surface area (Å²) in [5.74, 6) is -0.0207. The number of methoxy groups -OCH3 is 1. The number of halogens is 1. The number of nitrogens with zero attached hydrogens (tertiary/aromatic N) is 1. The van der Waals surface area contributed by atoms with E-state index in [1.54, 1.807) is 20.1 Å². The summed E-state index contributed by atoms with van der Waals surface area (Å²) in [6.45, 7) is 3.13. The van der Waals surface area contributed by atoms with Crippen LogP contribution in [-0.4, -0.2) is 38.2 Å². The molecule has 3 rings (SSSR count). The maximum absolute atomic E-state index is 12.0. The standard InChI is InChI=1S/C21H23BrN2O5/c1-21(28-8-9-29-21)12-19(25)24-23-13-16-10-17(22)20(18(11-16)26-2)27-14-15-6-4-3-5-7-15/h3-7,10-11,13H,8-9,12,14H2,1-2H3,(H,24,25)/b23-13-. The van der Waals surface area contributed by atoms with Crippen molar-refractivity contribution in [2.24, 2.45) is 5.10 Å². The van der Waals surface area contributed by atoms with Gasteiger partial charge in [0.05, 0.1) is 37.4 Å². The van der Waals surface area contributed by atoms with E-state index in [1.165, 1.54) is 6.21 Å². The fourth-order valence-corrected chi connectivity index (χ4v) is 3.43. The fraction of sp³-hybridized carbons (Fsp3) is 0.333. The average Bonchev–Trinajstić information content (AvgIpc) is 3.13. The maximum atomic E-state index is 12.0. The number of rotatable bonds is 8. The van der Waals surface area contributed by atoms with Gasteiger partial charge in [-0.3, -0.25) is 4.79 Å². The molecule has 0 atom stereocenters. The normalized spacial score (nSPS) is 15.4. The van der Waals surface area contributed by atoms with Gasteiger partial charge >= 0.3 is 0 Å². The largest absolute Gasteiger partial charge is 0.493 e. The second-order valence-electron chi connectivity index (χ2n) is 6.61. The summed E-state index contributed by atoms with van der Waals surface area (Å²) in [6, 6.07) is 13.5. The van der Waals surface area contributed by atoms with Gasteiger partial charge in [-0.1, -0.05) is 30.3 Å². The van der Waals surface area contributed by atoms with Gasteiger partial charge in [0.15, 0.2) is 17.3 Å². The first-order valence-corrected chi connectivity index (χ1v) is 9.92. The van der Waals surface area contributed by atoms with Crippen molar-refractivity contribution in [1.82, 2.24) is 5.43 Å². The Kier molecular flexibility index (Phi) is 7.24. The second-order valence-corrected chi connectivity index (χ2v) is 7.46. The number of carbonyl (C=O) groups is 1. The SMILES string of the molecule is COc1cc(/C=N\NC(=O)CC2(C)OCCO2)cc(Br)c1OCc1ccccc1. The van der Waals surface area contributed by atoms with E-state index >= 15 is 0 Å². The molecule has 0 bridgehead atoms. The predicted molar refractivity (Wildman–Crippen MR) is 112 cm³/mol. The lowest BCUT2D eigenvalue weighted by molar-refractivity contribution is -0.159. The first-order valence-electron chi connectivity index (χ1n) is 9.13. The molecule has 1 aliphatic heterocycles. The molecule has 1 amide bonds. The molecule has 1 fully saturated rings.